The van der Waals surface area contributed by atoms with Crippen molar-refractivity contribution in [1.29, 1.82) is 0 Å². The van der Waals surface area contributed by atoms with Crippen molar-refractivity contribution in [2.24, 2.45) is 0 Å². The molecule has 0 saturated heterocycles. The SMILES string of the molecule is O=c1[nH]c2cc(Br)c(F)cc2s1. The van der Waals surface area contributed by atoms with Gasteiger partial charge in [-0.25, -0.2) is 4.39 Å². The highest BCUT2D eigenvalue weighted by Crippen LogP contribution is 2.22. The summed E-state index contributed by atoms with van der Waals surface area (Å²) in [5, 5.41) is 0. The van der Waals surface area contributed by atoms with E-state index in [1.165, 1.54) is 6.07 Å². The first-order chi connectivity index (χ1) is 5.66. The second-order valence-corrected chi connectivity index (χ2v) is 4.15. The van der Waals surface area contributed by atoms with Gasteiger partial charge in [0.2, 0.25) is 0 Å². The molecule has 0 fully saturated rings. The third-order valence-corrected chi connectivity index (χ3v) is 2.91. The van der Waals surface area contributed by atoms with E-state index in [1.54, 1.807) is 6.07 Å². The first-order valence-corrected chi connectivity index (χ1v) is 4.75. The van der Waals surface area contributed by atoms with Gasteiger partial charge in [-0.15, -0.1) is 0 Å². The van der Waals surface area contributed by atoms with Crippen LogP contribution in [-0.2, 0) is 0 Å². The molecule has 1 N–H and O–H groups in total. The lowest BCUT2D eigenvalue weighted by molar-refractivity contribution is 0.623. The molecule has 1 aromatic heterocycles. The zero-order valence-corrected chi connectivity index (χ0v) is 8.13. The molecule has 0 spiro atoms. The molecule has 0 amide bonds. The van der Waals surface area contributed by atoms with Gasteiger partial charge in [-0.2, -0.15) is 0 Å². The van der Waals surface area contributed by atoms with Crippen LogP contribution in [-0.4, -0.2) is 4.98 Å². The van der Waals surface area contributed by atoms with Crippen molar-refractivity contribution >= 4 is 37.5 Å². The van der Waals surface area contributed by atoms with E-state index in [0.29, 0.717) is 14.7 Å². The van der Waals surface area contributed by atoms with E-state index >= 15 is 0 Å². The van der Waals surface area contributed by atoms with Gasteiger partial charge in [0.25, 0.3) is 0 Å². The molecule has 0 unspecified atom stereocenters. The molecule has 2 nitrogen and oxygen atoms in total. The summed E-state index contributed by atoms with van der Waals surface area (Å²) in [5.74, 6) is -0.349. The van der Waals surface area contributed by atoms with Crippen LogP contribution in [0.1, 0.15) is 0 Å². The Labute approximate surface area is 79.2 Å². The Morgan fingerprint density at radius 3 is 3.00 bits per heavy atom. The topological polar surface area (TPSA) is 32.9 Å². The van der Waals surface area contributed by atoms with E-state index in [2.05, 4.69) is 20.9 Å². The number of rotatable bonds is 0. The second-order valence-electron chi connectivity index (χ2n) is 2.28. The molecular weight excluding hydrogens is 245 g/mol. The number of nitrogens with one attached hydrogen (secondary N) is 1. The lowest BCUT2D eigenvalue weighted by atomic mass is 10.3. The molecule has 0 aliphatic carbocycles. The molecule has 1 aromatic carbocycles. The summed E-state index contributed by atoms with van der Waals surface area (Å²) in [6, 6.07) is 2.89. The highest BCUT2D eigenvalue weighted by molar-refractivity contribution is 9.10. The van der Waals surface area contributed by atoms with Crippen molar-refractivity contribution in [3.8, 4) is 0 Å². The van der Waals surface area contributed by atoms with Crippen LogP contribution in [0.5, 0.6) is 0 Å². The average molecular weight is 248 g/mol. The maximum absolute atomic E-state index is 12.9. The predicted molar refractivity (Wildman–Crippen MR) is 50.1 cm³/mol. The van der Waals surface area contributed by atoms with Gasteiger partial charge in [0.1, 0.15) is 5.82 Å². The standard InChI is InChI=1S/C7H3BrFNOS/c8-3-1-5-6(2-4(3)9)12-7(11)10-5/h1-2H,(H,10,11). The fourth-order valence-corrected chi connectivity index (χ4v) is 2.03. The molecule has 2 aromatic rings. The van der Waals surface area contributed by atoms with Crippen molar-refractivity contribution in [2.45, 2.75) is 0 Å². The van der Waals surface area contributed by atoms with Gasteiger partial charge in [0.15, 0.2) is 0 Å². The molecule has 2 rings (SSSR count). The highest BCUT2D eigenvalue weighted by Gasteiger charge is 2.04. The van der Waals surface area contributed by atoms with Gasteiger partial charge >= 0.3 is 4.87 Å². The van der Waals surface area contributed by atoms with Crippen molar-refractivity contribution in [3.05, 3.63) is 32.1 Å². The van der Waals surface area contributed by atoms with Crippen LogP contribution in [0.4, 0.5) is 4.39 Å². The summed E-state index contributed by atoms with van der Waals surface area (Å²) in [4.78, 5) is 13.3. The third kappa shape index (κ3) is 1.19. The Morgan fingerprint density at radius 1 is 1.50 bits per heavy atom. The van der Waals surface area contributed by atoms with Crippen LogP contribution in [0.25, 0.3) is 10.2 Å². The molecule has 12 heavy (non-hydrogen) atoms. The zero-order chi connectivity index (χ0) is 8.72. The molecule has 0 atom stereocenters. The normalized spacial score (nSPS) is 10.8. The lowest BCUT2D eigenvalue weighted by Gasteiger charge is -1.92. The van der Waals surface area contributed by atoms with E-state index in [-0.39, 0.29) is 10.7 Å². The largest absolute Gasteiger partial charge is 0.312 e. The van der Waals surface area contributed by atoms with Crippen LogP contribution in [0.3, 0.4) is 0 Å². The maximum atomic E-state index is 12.9. The van der Waals surface area contributed by atoms with Crippen molar-refractivity contribution in [2.75, 3.05) is 0 Å². The molecule has 62 valence electrons. The number of aromatic nitrogens is 1. The van der Waals surface area contributed by atoms with Gasteiger partial charge in [-0.05, 0) is 28.1 Å². The zero-order valence-electron chi connectivity index (χ0n) is 5.73. The molecule has 0 aliphatic heterocycles. The van der Waals surface area contributed by atoms with Crippen molar-refractivity contribution < 1.29 is 4.39 Å². The summed E-state index contributed by atoms with van der Waals surface area (Å²) in [7, 11) is 0. The van der Waals surface area contributed by atoms with Gasteiger partial charge in [-0.3, -0.25) is 4.79 Å². The Kier molecular flexibility index (Phi) is 1.77. The maximum Gasteiger partial charge on any atom is 0.305 e. The van der Waals surface area contributed by atoms with Crippen LogP contribution in [0, 0.1) is 5.82 Å². The van der Waals surface area contributed by atoms with Crippen LogP contribution >= 0.6 is 27.3 Å². The fourth-order valence-electron chi connectivity index (χ4n) is 0.946. The molecule has 0 saturated carbocycles. The van der Waals surface area contributed by atoms with E-state index < -0.39 is 0 Å². The minimum atomic E-state index is -0.349. The number of hydrogen-bond donors (Lipinski definition) is 1. The Morgan fingerprint density at radius 2 is 2.25 bits per heavy atom. The molecule has 0 aliphatic rings. The summed E-state index contributed by atoms with van der Waals surface area (Å²) >= 11 is 4.04. The first kappa shape index (κ1) is 7.94. The van der Waals surface area contributed by atoms with Gasteiger partial charge in [-0.1, -0.05) is 11.3 Å². The Balaban J connectivity index is 2.92. The van der Waals surface area contributed by atoms with E-state index in [0.717, 1.165) is 11.3 Å². The van der Waals surface area contributed by atoms with Gasteiger partial charge in [0.05, 0.1) is 14.7 Å². The van der Waals surface area contributed by atoms with Crippen LogP contribution in [0.15, 0.2) is 21.4 Å². The summed E-state index contributed by atoms with van der Waals surface area (Å²) < 4.78 is 13.9. The van der Waals surface area contributed by atoms with Gasteiger partial charge in [0, 0.05) is 0 Å². The number of benzene rings is 1. The third-order valence-electron chi connectivity index (χ3n) is 1.46. The Bertz CT molecular complexity index is 448. The smallest absolute Gasteiger partial charge is 0.305 e. The van der Waals surface area contributed by atoms with Crippen LogP contribution in [0.2, 0.25) is 0 Å². The van der Waals surface area contributed by atoms with E-state index in [9.17, 15) is 9.18 Å². The quantitative estimate of drug-likeness (QED) is 0.763. The minimum Gasteiger partial charge on any atom is -0.312 e. The fraction of sp³-hybridized carbons (Fsp3) is 0. The molecule has 0 bridgehead atoms. The number of H-pyrrole nitrogens is 1. The molecule has 0 radical (unpaired) electrons. The molecule has 5 heteroatoms. The number of halogens is 2. The number of aromatic amines is 1. The number of fused-ring (bicyclic) bond motifs is 1. The summed E-state index contributed by atoms with van der Waals surface area (Å²) in [6.45, 7) is 0. The number of thiazole rings is 1. The second kappa shape index (κ2) is 2.67. The average Bonchev–Trinajstić information content (AvgIpc) is 2.30. The molecular formula is C7H3BrFNOS. The summed E-state index contributed by atoms with van der Waals surface area (Å²) in [6.07, 6.45) is 0. The summed E-state index contributed by atoms with van der Waals surface area (Å²) in [5.41, 5.74) is 0.665. The van der Waals surface area contributed by atoms with Gasteiger partial charge < -0.3 is 4.98 Å². The highest BCUT2D eigenvalue weighted by atomic mass is 79.9. The van der Waals surface area contributed by atoms with E-state index in [4.69, 9.17) is 0 Å². The first-order valence-electron chi connectivity index (χ1n) is 3.15. The monoisotopic (exact) mass is 247 g/mol. The van der Waals surface area contributed by atoms with E-state index in [1.807, 2.05) is 0 Å². The predicted octanol–water partition coefficient (Wildman–Crippen LogP) is 2.49. The van der Waals surface area contributed by atoms with Crippen molar-refractivity contribution in [1.82, 2.24) is 4.98 Å². The molecule has 1 heterocycles. The number of hydrogen-bond acceptors (Lipinski definition) is 2. The Hall–Kier alpha value is -0.680. The minimum absolute atomic E-state index is 0.164. The lowest BCUT2D eigenvalue weighted by Crippen LogP contribution is -1.89. The van der Waals surface area contributed by atoms with Crippen LogP contribution < -0.4 is 4.87 Å². The van der Waals surface area contributed by atoms with Crippen molar-refractivity contribution in [3.63, 3.8) is 0 Å².